The van der Waals surface area contributed by atoms with Gasteiger partial charge in [0.05, 0.1) is 12.0 Å². The van der Waals surface area contributed by atoms with Crippen molar-refractivity contribution >= 4 is 28.5 Å². The Bertz CT molecular complexity index is 901. The van der Waals surface area contributed by atoms with Crippen LogP contribution in [-0.4, -0.2) is 43.7 Å². The molecule has 174 valence electrons. The van der Waals surface area contributed by atoms with Gasteiger partial charge in [0.15, 0.2) is 5.13 Å². The molecular formula is C23H33N5O3S. The lowest BCUT2D eigenvalue weighted by atomic mass is 9.94. The number of hydrogen-bond donors (Lipinski definition) is 2. The third-order valence-corrected chi connectivity index (χ3v) is 7.78. The Morgan fingerprint density at radius 3 is 2.47 bits per heavy atom. The number of carboxylic acid groups (broad SMARTS) is 1. The van der Waals surface area contributed by atoms with E-state index in [1.807, 2.05) is 11.8 Å². The normalized spacial score (nSPS) is 18.9. The number of nitrogens with one attached hydrogen (secondary N) is 1. The fourth-order valence-electron chi connectivity index (χ4n) is 4.93. The second-order valence-electron chi connectivity index (χ2n) is 8.90. The summed E-state index contributed by atoms with van der Waals surface area (Å²) in [7, 11) is 0. The van der Waals surface area contributed by atoms with Crippen LogP contribution in [0.1, 0.15) is 89.2 Å². The maximum atomic E-state index is 13.5. The van der Waals surface area contributed by atoms with E-state index in [1.54, 1.807) is 23.3 Å². The van der Waals surface area contributed by atoms with Crippen LogP contribution in [0, 0.1) is 0 Å². The predicted molar refractivity (Wildman–Crippen MR) is 125 cm³/mol. The quantitative estimate of drug-likeness (QED) is 0.601. The topological polar surface area (TPSA) is 100 Å². The molecular weight excluding hydrogens is 426 g/mol. The number of urea groups is 1. The minimum Gasteiger partial charge on any atom is -0.481 e. The number of carbonyl (C=O) groups is 2. The van der Waals surface area contributed by atoms with Gasteiger partial charge >= 0.3 is 12.0 Å². The van der Waals surface area contributed by atoms with Gasteiger partial charge in [-0.3, -0.25) is 14.3 Å². The molecule has 2 aromatic heterocycles. The van der Waals surface area contributed by atoms with Gasteiger partial charge in [-0.1, -0.05) is 56.8 Å². The van der Waals surface area contributed by atoms with Gasteiger partial charge in [-0.15, -0.1) is 0 Å². The van der Waals surface area contributed by atoms with Crippen LogP contribution in [0.15, 0.2) is 18.7 Å². The number of nitrogens with zero attached hydrogens (tertiary/aromatic N) is 4. The first-order valence-electron chi connectivity index (χ1n) is 11.9. The van der Waals surface area contributed by atoms with Crippen molar-refractivity contribution < 1.29 is 14.7 Å². The average molecular weight is 460 g/mol. The standard InChI is InChI=1S/C23H33N5O3S/c1-2-18(21(29)30)19-20(27-14-13-24-15-27)32-23(26-19)28(17-11-7-4-8-12-17)22(31)25-16-9-5-3-6-10-16/h13-18H,2-12H2,1H3,(H,25,31)(H,29,30). The zero-order valence-electron chi connectivity index (χ0n) is 18.7. The molecule has 2 saturated carbocycles. The maximum absolute atomic E-state index is 13.5. The first kappa shape index (κ1) is 22.8. The van der Waals surface area contributed by atoms with Gasteiger partial charge in [0, 0.05) is 24.5 Å². The molecule has 2 aromatic rings. The van der Waals surface area contributed by atoms with Gasteiger partial charge in [-0.2, -0.15) is 0 Å². The molecule has 0 aromatic carbocycles. The number of amides is 2. The van der Waals surface area contributed by atoms with Crippen molar-refractivity contribution in [3.63, 3.8) is 0 Å². The van der Waals surface area contributed by atoms with E-state index >= 15 is 0 Å². The summed E-state index contributed by atoms with van der Waals surface area (Å²) in [6.07, 6.45) is 16.4. The Balaban J connectivity index is 1.70. The smallest absolute Gasteiger partial charge is 0.324 e. The van der Waals surface area contributed by atoms with Crippen molar-refractivity contribution in [2.75, 3.05) is 4.90 Å². The summed E-state index contributed by atoms with van der Waals surface area (Å²) in [4.78, 5) is 36.3. The van der Waals surface area contributed by atoms with Crippen LogP contribution in [0.3, 0.4) is 0 Å². The Hall–Kier alpha value is -2.42. The van der Waals surface area contributed by atoms with Crippen LogP contribution in [0.5, 0.6) is 0 Å². The number of aliphatic carboxylic acids is 1. The van der Waals surface area contributed by atoms with E-state index in [0.29, 0.717) is 17.2 Å². The molecule has 0 bridgehead atoms. The molecule has 2 fully saturated rings. The maximum Gasteiger partial charge on any atom is 0.324 e. The van der Waals surface area contributed by atoms with Gasteiger partial charge in [0.25, 0.3) is 0 Å². The van der Waals surface area contributed by atoms with Gasteiger partial charge < -0.3 is 10.4 Å². The summed E-state index contributed by atoms with van der Waals surface area (Å²) in [6.45, 7) is 1.85. The lowest BCUT2D eigenvalue weighted by molar-refractivity contribution is -0.138. The first-order valence-corrected chi connectivity index (χ1v) is 12.7. The van der Waals surface area contributed by atoms with Crippen molar-refractivity contribution in [3.05, 3.63) is 24.4 Å². The molecule has 2 heterocycles. The van der Waals surface area contributed by atoms with Crippen LogP contribution < -0.4 is 10.2 Å². The fraction of sp³-hybridized carbons (Fsp3) is 0.652. The first-order chi connectivity index (χ1) is 15.6. The molecule has 9 heteroatoms. The minimum absolute atomic E-state index is 0.0897. The summed E-state index contributed by atoms with van der Waals surface area (Å²) in [5.74, 6) is -1.63. The summed E-state index contributed by atoms with van der Waals surface area (Å²) in [5, 5.41) is 14.4. The van der Waals surface area contributed by atoms with E-state index in [1.165, 1.54) is 24.2 Å². The molecule has 0 saturated heterocycles. The second-order valence-corrected chi connectivity index (χ2v) is 9.86. The van der Waals surface area contributed by atoms with E-state index in [9.17, 15) is 14.7 Å². The molecule has 2 amide bonds. The lowest BCUT2D eigenvalue weighted by Gasteiger charge is -2.34. The molecule has 32 heavy (non-hydrogen) atoms. The molecule has 0 spiro atoms. The lowest BCUT2D eigenvalue weighted by Crippen LogP contribution is -2.50. The number of thiazole rings is 1. The highest BCUT2D eigenvalue weighted by Crippen LogP contribution is 2.38. The number of carbonyl (C=O) groups excluding carboxylic acids is 1. The summed E-state index contributed by atoms with van der Waals surface area (Å²) >= 11 is 1.38. The van der Waals surface area contributed by atoms with Crippen molar-refractivity contribution in [2.45, 2.75) is 95.6 Å². The third-order valence-electron chi connectivity index (χ3n) is 6.70. The monoisotopic (exact) mass is 459 g/mol. The van der Waals surface area contributed by atoms with E-state index in [4.69, 9.17) is 4.98 Å². The van der Waals surface area contributed by atoms with Crippen molar-refractivity contribution in [1.82, 2.24) is 19.9 Å². The SMILES string of the molecule is CCC(C(=O)O)c1nc(N(C(=O)NC2CCCCC2)C2CCCCC2)sc1-n1ccnc1. The Morgan fingerprint density at radius 1 is 1.19 bits per heavy atom. The average Bonchev–Trinajstić information content (AvgIpc) is 3.46. The number of imidazole rings is 1. The van der Waals surface area contributed by atoms with Crippen molar-refractivity contribution in [2.24, 2.45) is 0 Å². The fourth-order valence-corrected chi connectivity index (χ4v) is 6.08. The van der Waals surface area contributed by atoms with Crippen LogP contribution in [0.4, 0.5) is 9.93 Å². The highest BCUT2D eigenvalue weighted by Gasteiger charge is 2.34. The molecule has 8 nitrogen and oxygen atoms in total. The molecule has 0 radical (unpaired) electrons. The van der Waals surface area contributed by atoms with Crippen molar-refractivity contribution in [1.29, 1.82) is 0 Å². The van der Waals surface area contributed by atoms with E-state index < -0.39 is 11.9 Å². The Labute approximate surface area is 193 Å². The highest BCUT2D eigenvalue weighted by atomic mass is 32.1. The molecule has 1 unspecified atom stereocenters. The van der Waals surface area contributed by atoms with E-state index in [0.717, 1.165) is 56.4 Å². The second kappa shape index (κ2) is 10.5. The van der Waals surface area contributed by atoms with Crippen LogP contribution >= 0.6 is 11.3 Å². The van der Waals surface area contributed by atoms with Gasteiger partial charge in [0.1, 0.15) is 10.9 Å². The molecule has 1 atom stereocenters. The number of hydrogen-bond acceptors (Lipinski definition) is 5. The van der Waals surface area contributed by atoms with Gasteiger partial charge in [-0.05, 0) is 32.1 Å². The Morgan fingerprint density at radius 2 is 1.88 bits per heavy atom. The molecule has 4 rings (SSSR count). The summed E-state index contributed by atoms with van der Waals surface area (Å²) < 4.78 is 1.81. The molecule has 0 aliphatic heterocycles. The van der Waals surface area contributed by atoms with Gasteiger partial charge in [-0.25, -0.2) is 14.8 Å². The van der Waals surface area contributed by atoms with Crippen LogP contribution in [-0.2, 0) is 4.79 Å². The zero-order valence-corrected chi connectivity index (χ0v) is 19.5. The number of aromatic nitrogens is 3. The largest absolute Gasteiger partial charge is 0.481 e. The van der Waals surface area contributed by atoms with Crippen LogP contribution in [0.2, 0.25) is 0 Å². The zero-order chi connectivity index (χ0) is 22.5. The van der Waals surface area contributed by atoms with E-state index in [-0.39, 0.29) is 18.1 Å². The number of carboxylic acids is 1. The predicted octanol–water partition coefficient (Wildman–Crippen LogP) is 5.09. The number of rotatable bonds is 7. The van der Waals surface area contributed by atoms with Crippen LogP contribution in [0.25, 0.3) is 5.00 Å². The van der Waals surface area contributed by atoms with E-state index in [2.05, 4.69) is 10.3 Å². The third kappa shape index (κ3) is 4.98. The molecule has 2 aliphatic carbocycles. The highest BCUT2D eigenvalue weighted by molar-refractivity contribution is 7.18. The number of anilines is 1. The Kier molecular flexibility index (Phi) is 7.44. The minimum atomic E-state index is -0.901. The summed E-state index contributed by atoms with van der Waals surface area (Å²) in [5.41, 5.74) is 0.504. The molecule has 2 aliphatic rings. The van der Waals surface area contributed by atoms with Crippen molar-refractivity contribution in [3.8, 4) is 5.00 Å². The molecule has 2 N–H and O–H groups in total. The summed E-state index contributed by atoms with van der Waals surface area (Å²) in [6, 6.07) is 0.203. The van der Waals surface area contributed by atoms with Gasteiger partial charge in [0.2, 0.25) is 0 Å².